The second kappa shape index (κ2) is 7.87. The molecule has 110 valence electrons. The maximum atomic E-state index is 11.8. The van der Waals surface area contributed by atoms with E-state index >= 15 is 0 Å². The van der Waals surface area contributed by atoms with Gasteiger partial charge in [0.05, 0.1) is 13.2 Å². The van der Waals surface area contributed by atoms with Gasteiger partial charge in [-0.3, -0.25) is 4.79 Å². The Bertz CT molecular complexity index is 431. The summed E-state index contributed by atoms with van der Waals surface area (Å²) in [5.41, 5.74) is 0.758. The summed E-state index contributed by atoms with van der Waals surface area (Å²) in [6, 6.07) is 7.35. The number of rotatable bonds is 7. The Hall–Kier alpha value is -1.59. The van der Waals surface area contributed by atoms with Crippen molar-refractivity contribution < 1.29 is 14.3 Å². The average Bonchev–Trinajstić information content (AvgIpc) is 2.97. The highest BCUT2D eigenvalue weighted by Crippen LogP contribution is 2.16. The van der Waals surface area contributed by atoms with E-state index < -0.39 is 0 Å². The fraction of sp³-hybridized carbons (Fsp3) is 0.533. The quantitative estimate of drug-likeness (QED) is 0.747. The lowest BCUT2D eigenvalue weighted by Crippen LogP contribution is -2.29. The van der Waals surface area contributed by atoms with Crippen LogP contribution >= 0.6 is 0 Å². The standard InChI is InChI=1S/C15H22N2O3/c1-19-13-5-2-4-12(10-13)17-15(18)7-8-16-11-14-6-3-9-20-14/h2,4-5,10,14,16H,3,6-9,11H2,1H3,(H,17,18). The predicted octanol–water partition coefficient (Wildman–Crippen LogP) is 1.79. The zero-order chi connectivity index (χ0) is 14.2. The van der Waals surface area contributed by atoms with E-state index in [1.165, 1.54) is 0 Å². The molecule has 1 saturated heterocycles. The summed E-state index contributed by atoms with van der Waals surface area (Å²) in [6.45, 7) is 2.35. The van der Waals surface area contributed by atoms with Crippen LogP contribution in [0.1, 0.15) is 19.3 Å². The van der Waals surface area contributed by atoms with Gasteiger partial charge in [-0.15, -0.1) is 0 Å². The Kier molecular flexibility index (Phi) is 5.83. The minimum Gasteiger partial charge on any atom is -0.497 e. The van der Waals surface area contributed by atoms with Gasteiger partial charge in [0.2, 0.25) is 5.91 Å². The number of benzene rings is 1. The number of nitrogens with one attached hydrogen (secondary N) is 2. The monoisotopic (exact) mass is 278 g/mol. The van der Waals surface area contributed by atoms with Crippen molar-refractivity contribution in [2.24, 2.45) is 0 Å². The van der Waals surface area contributed by atoms with Crippen LogP contribution in [0.5, 0.6) is 5.75 Å². The van der Waals surface area contributed by atoms with Gasteiger partial charge in [-0.25, -0.2) is 0 Å². The number of methoxy groups -OCH3 is 1. The highest BCUT2D eigenvalue weighted by molar-refractivity contribution is 5.90. The molecule has 1 heterocycles. The van der Waals surface area contributed by atoms with E-state index in [-0.39, 0.29) is 5.91 Å². The van der Waals surface area contributed by atoms with Gasteiger partial charge >= 0.3 is 0 Å². The number of amides is 1. The van der Waals surface area contributed by atoms with E-state index in [4.69, 9.17) is 9.47 Å². The molecule has 0 spiro atoms. The molecule has 1 aromatic rings. The molecule has 1 atom stereocenters. The lowest BCUT2D eigenvalue weighted by molar-refractivity contribution is -0.116. The maximum Gasteiger partial charge on any atom is 0.225 e. The number of ether oxygens (including phenoxy) is 2. The summed E-state index contributed by atoms with van der Waals surface area (Å²) >= 11 is 0. The van der Waals surface area contributed by atoms with E-state index in [0.29, 0.717) is 19.1 Å². The Morgan fingerprint density at radius 1 is 1.50 bits per heavy atom. The number of hydrogen-bond acceptors (Lipinski definition) is 4. The third-order valence-electron chi connectivity index (χ3n) is 3.28. The third-order valence-corrected chi connectivity index (χ3v) is 3.28. The molecule has 1 fully saturated rings. The van der Waals surface area contributed by atoms with Crippen LogP contribution in [0.3, 0.4) is 0 Å². The average molecular weight is 278 g/mol. The summed E-state index contributed by atoms with van der Waals surface area (Å²) < 4.78 is 10.6. The molecule has 5 heteroatoms. The first-order chi connectivity index (χ1) is 9.78. The van der Waals surface area contributed by atoms with Crippen molar-refractivity contribution in [2.75, 3.05) is 32.1 Å². The zero-order valence-corrected chi connectivity index (χ0v) is 11.9. The van der Waals surface area contributed by atoms with Crippen molar-refractivity contribution in [1.29, 1.82) is 0 Å². The van der Waals surface area contributed by atoms with E-state index in [9.17, 15) is 4.79 Å². The highest BCUT2D eigenvalue weighted by atomic mass is 16.5. The largest absolute Gasteiger partial charge is 0.497 e. The van der Waals surface area contributed by atoms with Gasteiger partial charge in [-0.2, -0.15) is 0 Å². The molecule has 1 aliphatic heterocycles. The molecule has 20 heavy (non-hydrogen) atoms. The van der Waals surface area contributed by atoms with E-state index in [0.717, 1.165) is 37.4 Å². The van der Waals surface area contributed by atoms with Crippen LogP contribution in [-0.4, -0.2) is 38.8 Å². The topological polar surface area (TPSA) is 59.6 Å². The summed E-state index contributed by atoms with van der Waals surface area (Å²) in [7, 11) is 1.61. The van der Waals surface area contributed by atoms with Gasteiger partial charge in [-0.05, 0) is 25.0 Å². The molecule has 1 aromatic carbocycles. The van der Waals surface area contributed by atoms with Crippen LogP contribution in [0.15, 0.2) is 24.3 Å². The summed E-state index contributed by atoms with van der Waals surface area (Å²) in [4.78, 5) is 11.8. The number of anilines is 1. The first-order valence-electron chi connectivity index (χ1n) is 7.04. The lowest BCUT2D eigenvalue weighted by Gasteiger charge is -2.11. The van der Waals surface area contributed by atoms with Crippen molar-refractivity contribution in [2.45, 2.75) is 25.4 Å². The molecule has 1 unspecified atom stereocenters. The number of hydrogen-bond donors (Lipinski definition) is 2. The molecule has 2 rings (SSSR count). The maximum absolute atomic E-state index is 11.8. The minimum absolute atomic E-state index is 0.00177. The Morgan fingerprint density at radius 2 is 2.40 bits per heavy atom. The van der Waals surface area contributed by atoms with Crippen LogP contribution in [-0.2, 0) is 9.53 Å². The smallest absolute Gasteiger partial charge is 0.225 e. The molecule has 0 bridgehead atoms. The molecular formula is C15H22N2O3. The predicted molar refractivity (Wildman–Crippen MR) is 78.1 cm³/mol. The number of carbonyl (C=O) groups is 1. The van der Waals surface area contributed by atoms with Crippen LogP contribution in [0, 0.1) is 0 Å². The summed E-state index contributed by atoms with van der Waals surface area (Å²) in [6.07, 6.45) is 3.02. The van der Waals surface area contributed by atoms with Crippen LogP contribution in [0.2, 0.25) is 0 Å². The van der Waals surface area contributed by atoms with Crippen LogP contribution in [0.4, 0.5) is 5.69 Å². The number of carbonyl (C=O) groups excluding carboxylic acids is 1. The van der Waals surface area contributed by atoms with Crippen molar-refractivity contribution in [3.63, 3.8) is 0 Å². The fourth-order valence-electron chi connectivity index (χ4n) is 2.19. The van der Waals surface area contributed by atoms with Crippen molar-refractivity contribution in [3.05, 3.63) is 24.3 Å². The van der Waals surface area contributed by atoms with Gasteiger partial charge in [0.15, 0.2) is 0 Å². The Morgan fingerprint density at radius 3 is 3.15 bits per heavy atom. The van der Waals surface area contributed by atoms with Crippen molar-refractivity contribution >= 4 is 11.6 Å². The normalized spacial score (nSPS) is 17.9. The van der Waals surface area contributed by atoms with Crippen LogP contribution in [0.25, 0.3) is 0 Å². The summed E-state index contributed by atoms with van der Waals surface area (Å²) in [5, 5.41) is 6.11. The molecule has 2 N–H and O–H groups in total. The van der Waals surface area contributed by atoms with Crippen molar-refractivity contribution in [3.8, 4) is 5.75 Å². The second-order valence-electron chi connectivity index (χ2n) is 4.87. The molecule has 5 nitrogen and oxygen atoms in total. The zero-order valence-electron chi connectivity index (χ0n) is 11.9. The highest BCUT2D eigenvalue weighted by Gasteiger charge is 2.14. The molecule has 0 aromatic heterocycles. The molecule has 0 aliphatic carbocycles. The Balaban J connectivity index is 1.64. The van der Waals surface area contributed by atoms with Gasteiger partial charge in [0, 0.05) is 37.9 Å². The minimum atomic E-state index is -0.00177. The van der Waals surface area contributed by atoms with E-state index in [1.807, 2.05) is 18.2 Å². The first kappa shape index (κ1) is 14.8. The summed E-state index contributed by atoms with van der Waals surface area (Å²) in [5.74, 6) is 0.734. The van der Waals surface area contributed by atoms with Gasteiger partial charge in [0.1, 0.15) is 5.75 Å². The second-order valence-corrected chi connectivity index (χ2v) is 4.87. The third kappa shape index (κ3) is 4.83. The van der Waals surface area contributed by atoms with Gasteiger partial charge in [0.25, 0.3) is 0 Å². The van der Waals surface area contributed by atoms with E-state index in [1.54, 1.807) is 13.2 Å². The van der Waals surface area contributed by atoms with Gasteiger partial charge < -0.3 is 20.1 Å². The van der Waals surface area contributed by atoms with Gasteiger partial charge in [-0.1, -0.05) is 6.07 Å². The molecule has 1 aliphatic rings. The first-order valence-corrected chi connectivity index (χ1v) is 7.04. The SMILES string of the molecule is COc1cccc(NC(=O)CCNCC2CCCO2)c1. The molecule has 0 radical (unpaired) electrons. The van der Waals surface area contributed by atoms with E-state index in [2.05, 4.69) is 10.6 Å². The molecule has 1 amide bonds. The van der Waals surface area contributed by atoms with Crippen LogP contribution < -0.4 is 15.4 Å². The Labute approximate surface area is 119 Å². The fourth-order valence-corrected chi connectivity index (χ4v) is 2.19. The molecular weight excluding hydrogens is 256 g/mol. The van der Waals surface area contributed by atoms with Crippen molar-refractivity contribution in [1.82, 2.24) is 5.32 Å². The molecule has 0 saturated carbocycles. The lowest BCUT2D eigenvalue weighted by atomic mass is 10.2.